The molecule has 0 spiro atoms. The second kappa shape index (κ2) is 12.8. The van der Waals surface area contributed by atoms with Crippen molar-refractivity contribution < 1.29 is 99.5 Å². The molecule has 124 valence electrons. The molecule has 9 nitrogen and oxygen atoms in total. The summed E-state index contributed by atoms with van der Waals surface area (Å²) in [4.78, 5) is 37.4. The van der Waals surface area contributed by atoms with Crippen LogP contribution in [0.5, 0.6) is 0 Å². The van der Waals surface area contributed by atoms with Gasteiger partial charge in [0, 0.05) is 75.7 Å². The average molecular weight is 786 g/mol. The quantitative estimate of drug-likeness (QED) is 0.141. The van der Waals surface area contributed by atoms with E-state index in [0.717, 1.165) is 13.5 Å². The normalized spacial score (nSPS) is 12.7. The third-order valence-electron chi connectivity index (χ3n) is 2.10. The molecule has 0 heterocycles. The van der Waals surface area contributed by atoms with Crippen LogP contribution in [0.25, 0.3) is 0 Å². The van der Waals surface area contributed by atoms with Crippen LogP contribution in [0.3, 0.4) is 0 Å². The molecule has 2 atom stereocenters. The van der Waals surface area contributed by atoms with Gasteiger partial charge in [0.2, 0.25) is 0 Å². The predicted octanol–water partition coefficient (Wildman–Crippen LogP) is -1.28. The van der Waals surface area contributed by atoms with Gasteiger partial charge in [-0.2, -0.15) is 8.42 Å². The fraction of sp³-hybridized carbons (Fsp3) is 0.600. The Kier molecular flexibility index (Phi) is 15.9. The number of aliphatic hydroxyl groups is 1. The minimum Gasteiger partial charge on any atom is -0.393 e. The maximum Gasteiger partial charge on any atom is 0.352 e. The summed E-state index contributed by atoms with van der Waals surface area (Å²) in [5.74, 6) is -2.25. The first-order chi connectivity index (χ1) is 9.09. The number of rotatable bonds is 7. The summed E-state index contributed by atoms with van der Waals surface area (Å²) in [6.07, 6.45) is -0.607. The standard InChI is InChI=1S/C10H16NO8S.2U/c1-7(13)6-8(20(16,17)18)10(15)19-11(2)9(14)4-3-5-12;;/h4-5,7-8,13H,3,6H2,1-2H3,(H,16,17,18);;/q-1;;. The van der Waals surface area contributed by atoms with Crippen molar-refractivity contribution in [1.82, 2.24) is 5.06 Å². The molecule has 12 heteroatoms. The van der Waals surface area contributed by atoms with Crippen molar-refractivity contribution in [3.05, 3.63) is 6.42 Å². The Balaban J connectivity index is -0.00000180. The zero-order valence-electron chi connectivity index (χ0n) is 11.9. The second-order valence-corrected chi connectivity index (χ2v) is 5.54. The zero-order chi connectivity index (χ0) is 15.9. The molecule has 0 aromatic carbocycles. The van der Waals surface area contributed by atoms with Crippen molar-refractivity contribution in [3.8, 4) is 0 Å². The van der Waals surface area contributed by atoms with Crippen molar-refractivity contribution in [2.45, 2.75) is 31.1 Å². The summed E-state index contributed by atoms with van der Waals surface area (Å²) in [5.41, 5.74) is 0. The number of amides is 1. The molecule has 1 amide bonds. The van der Waals surface area contributed by atoms with Crippen molar-refractivity contribution in [1.29, 1.82) is 0 Å². The molecule has 0 fully saturated rings. The van der Waals surface area contributed by atoms with E-state index in [0.29, 0.717) is 11.3 Å². The number of hydrogen-bond donors (Lipinski definition) is 2. The molecule has 0 aromatic heterocycles. The van der Waals surface area contributed by atoms with Crippen LogP contribution in [0.1, 0.15) is 19.8 Å². The molecule has 0 aliphatic carbocycles. The van der Waals surface area contributed by atoms with Crippen molar-refractivity contribution in [2.24, 2.45) is 0 Å². The maximum atomic E-state index is 11.6. The number of hydroxylamine groups is 2. The van der Waals surface area contributed by atoms with E-state index in [1.807, 2.05) is 0 Å². The van der Waals surface area contributed by atoms with Crippen LogP contribution >= 0.6 is 0 Å². The molecular formula is C10H16NO8SU2-. The largest absolute Gasteiger partial charge is 0.393 e. The monoisotopic (exact) mass is 786 g/mol. The van der Waals surface area contributed by atoms with E-state index in [-0.39, 0.29) is 68.6 Å². The van der Waals surface area contributed by atoms with Gasteiger partial charge in [-0.15, -0.1) is 6.42 Å². The predicted molar refractivity (Wildman–Crippen MR) is 65.5 cm³/mol. The minimum absolute atomic E-state index is 0. The number of carbonyl (C=O) groups excluding carboxylic acids is 3. The summed E-state index contributed by atoms with van der Waals surface area (Å²) in [7, 11) is -3.75. The molecule has 2 unspecified atom stereocenters. The van der Waals surface area contributed by atoms with Crippen LogP contribution in [0.2, 0.25) is 0 Å². The Labute approximate surface area is 176 Å². The smallest absolute Gasteiger partial charge is 0.352 e. The van der Waals surface area contributed by atoms with Gasteiger partial charge >= 0.3 is 5.97 Å². The Morgan fingerprint density at radius 1 is 1.36 bits per heavy atom. The second-order valence-electron chi connectivity index (χ2n) is 3.94. The number of hydrogen-bond acceptors (Lipinski definition) is 7. The van der Waals surface area contributed by atoms with E-state index in [1.54, 1.807) is 0 Å². The first-order valence-electron chi connectivity index (χ1n) is 5.50. The van der Waals surface area contributed by atoms with E-state index < -0.39 is 39.8 Å². The van der Waals surface area contributed by atoms with Crippen LogP contribution in [0.15, 0.2) is 0 Å². The van der Waals surface area contributed by atoms with Crippen molar-refractivity contribution >= 4 is 28.3 Å². The maximum absolute atomic E-state index is 11.6. The van der Waals surface area contributed by atoms with Gasteiger partial charge in [-0.1, -0.05) is 0 Å². The molecule has 0 saturated heterocycles. The van der Waals surface area contributed by atoms with Crippen LogP contribution in [0.4, 0.5) is 0 Å². The summed E-state index contributed by atoms with van der Waals surface area (Å²) >= 11 is 0. The topological polar surface area (TPSA) is 138 Å². The molecule has 0 aliphatic heterocycles. The zero-order valence-corrected chi connectivity index (χ0v) is 21.1. The van der Waals surface area contributed by atoms with Gasteiger partial charge in [0.25, 0.3) is 10.1 Å². The van der Waals surface area contributed by atoms with Gasteiger partial charge in [0.1, 0.15) is 5.91 Å². The molecule has 0 bridgehead atoms. The average Bonchev–Trinajstić information content (AvgIpc) is 2.30. The molecule has 0 rings (SSSR count). The fourth-order valence-electron chi connectivity index (χ4n) is 1.17. The molecule has 2 N–H and O–H groups in total. The molecule has 22 heavy (non-hydrogen) atoms. The summed E-state index contributed by atoms with van der Waals surface area (Å²) < 4.78 is 30.9. The number of aldehydes is 1. The van der Waals surface area contributed by atoms with Gasteiger partial charge in [-0.25, -0.2) is 9.86 Å². The van der Waals surface area contributed by atoms with Crippen LogP contribution in [-0.4, -0.2) is 59.7 Å². The Hall–Kier alpha value is 0.454. The Bertz CT molecular complexity index is 468. The molecule has 0 saturated carbocycles. The number of aliphatic hydroxyl groups excluding tert-OH is 1. The Morgan fingerprint density at radius 2 is 1.86 bits per heavy atom. The van der Waals surface area contributed by atoms with E-state index in [2.05, 4.69) is 4.84 Å². The van der Waals surface area contributed by atoms with Crippen LogP contribution in [-0.2, 0) is 29.3 Å². The SMILES string of the molecule is CC(O)CC(C(=O)ON(C)C(=O)[CH-]CC=O)S(=O)(=O)O.[U].[U]. The van der Waals surface area contributed by atoms with Gasteiger partial charge in [-0.3, -0.25) is 11.0 Å². The van der Waals surface area contributed by atoms with Gasteiger partial charge in [0.05, 0.1) is 12.4 Å². The van der Waals surface area contributed by atoms with Crippen LogP contribution < -0.4 is 0 Å². The molecule has 0 aromatic rings. The molecular weight excluding hydrogens is 770 g/mol. The summed E-state index contributed by atoms with van der Waals surface area (Å²) in [5, 5.41) is 7.50. The van der Waals surface area contributed by atoms with E-state index in [9.17, 15) is 22.8 Å². The first-order valence-corrected chi connectivity index (χ1v) is 7.00. The van der Waals surface area contributed by atoms with Gasteiger partial charge < -0.3 is 19.5 Å². The summed E-state index contributed by atoms with van der Waals surface area (Å²) in [6, 6.07) is 0. The van der Waals surface area contributed by atoms with E-state index >= 15 is 0 Å². The van der Waals surface area contributed by atoms with E-state index in [1.165, 1.54) is 6.92 Å². The van der Waals surface area contributed by atoms with Crippen molar-refractivity contribution in [3.63, 3.8) is 0 Å². The molecule has 0 radical (unpaired) electrons. The van der Waals surface area contributed by atoms with Crippen molar-refractivity contribution in [2.75, 3.05) is 7.05 Å². The third kappa shape index (κ3) is 11.1. The number of nitrogens with zero attached hydrogens (tertiary/aromatic N) is 1. The third-order valence-corrected chi connectivity index (χ3v) is 3.21. The number of carbonyl (C=O) groups is 3. The van der Waals surface area contributed by atoms with E-state index in [4.69, 9.17) is 9.66 Å². The van der Waals surface area contributed by atoms with Gasteiger partial charge in [0.15, 0.2) is 5.25 Å². The summed E-state index contributed by atoms with van der Waals surface area (Å²) in [6.45, 7) is 1.22. The van der Waals surface area contributed by atoms with Crippen LogP contribution in [0, 0.1) is 68.6 Å². The minimum atomic E-state index is -4.79. The molecule has 0 aliphatic rings. The van der Waals surface area contributed by atoms with Gasteiger partial charge in [-0.05, 0) is 6.92 Å². The first kappa shape index (κ1) is 27.3. The fourth-order valence-corrected chi connectivity index (χ4v) is 1.97. The Morgan fingerprint density at radius 3 is 2.23 bits per heavy atom.